The predicted octanol–water partition coefficient (Wildman–Crippen LogP) is 5.56. The molecule has 0 unspecified atom stereocenters. The van der Waals surface area contributed by atoms with Crippen LogP contribution >= 0.6 is 11.3 Å². The first-order chi connectivity index (χ1) is 13.2. The van der Waals surface area contributed by atoms with Crippen molar-refractivity contribution in [1.82, 2.24) is 4.98 Å². The van der Waals surface area contributed by atoms with Crippen LogP contribution in [0.25, 0.3) is 16.5 Å². The minimum Gasteiger partial charge on any atom is -0.375 e. The highest BCUT2D eigenvalue weighted by atomic mass is 32.1. The van der Waals surface area contributed by atoms with Gasteiger partial charge < -0.3 is 10.6 Å². The summed E-state index contributed by atoms with van der Waals surface area (Å²) in [5, 5.41) is 0.573. The number of benzene rings is 2. The van der Waals surface area contributed by atoms with Crippen molar-refractivity contribution >= 4 is 28.2 Å². The molecule has 1 aliphatic rings. The number of nitrogens with zero attached hydrogens (tertiary/aromatic N) is 2. The summed E-state index contributed by atoms with van der Waals surface area (Å²) < 4.78 is 13.3. The van der Waals surface area contributed by atoms with Crippen molar-refractivity contribution in [2.24, 2.45) is 0 Å². The Balaban J connectivity index is 1.55. The molecule has 0 amide bonds. The summed E-state index contributed by atoms with van der Waals surface area (Å²) in [6.45, 7) is 5.86. The van der Waals surface area contributed by atoms with Crippen molar-refractivity contribution in [3.63, 3.8) is 0 Å². The van der Waals surface area contributed by atoms with E-state index in [-0.39, 0.29) is 5.82 Å². The van der Waals surface area contributed by atoms with Gasteiger partial charge in [-0.15, -0.1) is 0 Å². The normalized spacial score (nSPS) is 15.1. The molecule has 2 N–H and O–H groups in total. The van der Waals surface area contributed by atoms with Gasteiger partial charge in [-0.2, -0.15) is 0 Å². The molecular weight excluding hydrogens is 357 g/mol. The van der Waals surface area contributed by atoms with E-state index in [0.29, 0.717) is 11.0 Å². The summed E-state index contributed by atoms with van der Waals surface area (Å²) >= 11 is 1.49. The van der Waals surface area contributed by atoms with Gasteiger partial charge in [-0.25, -0.2) is 9.37 Å². The average Bonchev–Trinajstić information content (AvgIpc) is 3.10. The Kier molecular flexibility index (Phi) is 4.94. The number of piperidine rings is 1. The number of para-hydroxylation sites is 1. The van der Waals surface area contributed by atoms with E-state index < -0.39 is 0 Å². The van der Waals surface area contributed by atoms with Crippen LogP contribution in [0.5, 0.6) is 0 Å². The Morgan fingerprint density at radius 1 is 1.11 bits per heavy atom. The first kappa shape index (κ1) is 17.7. The minimum absolute atomic E-state index is 0.230. The maximum atomic E-state index is 13.3. The lowest BCUT2D eigenvalue weighted by Crippen LogP contribution is -2.33. The molecule has 0 saturated carbocycles. The van der Waals surface area contributed by atoms with Gasteiger partial charge in [0.1, 0.15) is 5.82 Å². The van der Waals surface area contributed by atoms with Crippen molar-refractivity contribution in [3.8, 4) is 10.4 Å². The molecule has 2 heterocycles. The third-order valence-corrected chi connectivity index (χ3v) is 6.10. The molecule has 138 valence electrons. The van der Waals surface area contributed by atoms with Crippen LogP contribution in [0.4, 0.5) is 15.2 Å². The van der Waals surface area contributed by atoms with Crippen molar-refractivity contribution < 1.29 is 4.39 Å². The topological polar surface area (TPSA) is 42.2 Å². The Bertz CT molecular complexity index is 940. The van der Waals surface area contributed by atoms with Crippen LogP contribution in [0, 0.1) is 5.82 Å². The van der Waals surface area contributed by atoms with Crippen molar-refractivity contribution in [3.05, 3.63) is 72.2 Å². The predicted molar refractivity (Wildman–Crippen MR) is 113 cm³/mol. The molecule has 1 fully saturated rings. The fourth-order valence-corrected chi connectivity index (χ4v) is 4.70. The van der Waals surface area contributed by atoms with Crippen LogP contribution < -0.4 is 10.6 Å². The number of anilines is 2. The fraction of sp³-hybridized carbons (Fsp3) is 0.227. The highest BCUT2D eigenvalue weighted by Gasteiger charge is 2.26. The molecule has 3 aromatic rings. The van der Waals surface area contributed by atoms with Gasteiger partial charge in [0, 0.05) is 24.7 Å². The highest BCUT2D eigenvalue weighted by molar-refractivity contribution is 7.18. The molecule has 1 aliphatic heterocycles. The molecule has 2 aromatic carbocycles. The number of nitrogens with two attached hydrogens (primary N) is 1. The molecule has 0 spiro atoms. The number of rotatable bonds is 4. The van der Waals surface area contributed by atoms with E-state index >= 15 is 0 Å². The second-order valence-electron chi connectivity index (χ2n) is 6.80. The third-order valence-electron chi connectivity index (χ3n) is 5.16. The van der Waals surface area contributed by atoms with E-state index in [4.69, 9.17) is 5.73 Å². The monoisotopic (exact) mass is 379 g/mol. The number of halogens is 1. The average molecular weight is 380 g/mol. The van der Waals surface area contributed by atoms with Crippen molar-refractivity contribution in [2.45, 2.75) is 18.8 Å². The van der Waals surface area contributed by atoms with E-state index in [2.05, 4.69) is 34.7 Å². The lowest BCUT2D eigenvalue weighted by molar-refractivity contribution is 0.499. The molecule has 5 heteroatoms. The Morgan fingerprint density at radius 3 is 2.52 bits per heavy atom. The molecule has 0 atom stereocenters. The number of thiazole rings is 1. The molecule has 0 radical (unpaired) electrons. The van der Waals surface area contributed by atoms with Crippen LogP contribution in [-0.2, 0) is 0 Å². The minimum atomic E-state index is -0.230. The number of hydrogen-bond acceptors (Lipinski definition) is 4. The first-order valence-electron chi connectivity index (χ1n) is 9.14. The van der Waals surface area contributed by atoms with E-state index in [1.165, 1.54) is 34.7 Å². The molecule has 27 heavy (non-hydrogen) atoms. The summed E-state index contributed by atoms with van der Waals surface area (Å²) in [7, 11) is 0. The second kappa shape index (κ2) is 7.53. The molecule has 1 aromatic heterocycles. The zero-order valence-electron chi connectivity index (χ0n) is 15.1. The third kappa shape index (κ3) is 3.60. The quantitative estimate of drug-likeness (QED) is 0.645. The SMILES string of the molecule is C=Cc1ccccc1N1CCC(c2nc(N)sc2-c2ccc(F)cc2)CC1. The van der Waals surface area contributed by atoms with Crippen molar-refractivity contribution in [2.75, 3.05) is 23.7 Å². The zero-order valence-corrected chi connectivity index (χ0v) is 15.9. The van der Waals surface area contributed by atoms with Crippen LogP contribution in [0.15, 0.2) is 55.1 Å². The van der Waals surface area contributed by atoms with E-state index in [9.17, 15) is 4.39 Å². The number of hydrogen-bond donors (Lipinski definition) is 1. The largest absolute Gasteiger partial charge is 0.375 e. The van der Waals surface area contributed by atoms with Crippen molar-refractivity contribution in [1.29, 1.82) is 0 Å². The summed E-state index contributed by atoms with van der Waals surface area (Å²) in [6, 6.07) is 15.0. The smallest absolute Gasteiger partial charge is 0.180 e. The molecule has 4 rings (SSSR count). The van der Waals surface area contributed by atoms with Gasteiger partial charge in [-0.3, -0.25) is 0 Å². The van der Waals surface area contributed by atoms with Crippen LogP contribution in [-0.4, -0.2) is 18.1 Å². The van der Waals surface area contributed by atoms with Gasteiger partial charge in [0.2, 0.25) is 0 Å². The molecule has 3 nitrogen and oxygen atoms in total. The van der Waals surface area contributed by atoms with Gasteiger partial charge in [0.05, 0.1) is 10.6 Å². The van der Waals surface area contributed by atoms with Gasteiger partial charge in [-0.1, -0.05) is 54.3 Å². The van der Waals surface area contributed by atoms with E-state index in [1.54, 1.807) is 12.1 Å². The maximum Gasteiger partial charge on any atom is 0.180 e. The van der Waals surface area contributed by atoms with Gasteiger partial charge in [-0.05, 0) is 42.2 Å². The number of nitrogen functional groups attached to an aromatic ring is 1. The van der Waals surface area contributed by atoms with Gasteiger partial charge in [0.15, 0.2) is 5.13 Å². The van der Waals surface area contributed by atoms with Gasteiger partial charge in [0.25, 0.3) is 0 Å². The summed E-state index contributed by atoms with van der Waals surface area (Å²) in [4.78, 5) is 8.12. The van der Waals surface area contributed by atoms with E-state index in [1.807, 2.05) is 12.1 Å². The fourth-order valence-electron chi connectivity index (χ4n) is 3.78. The van der Waals surface area contributed by atoms with E-state index in [0.717, 1.165) is 42.1 Å². The highest BCUT2D eigenvalue weighted by Crippen LogP contribution is 2.40. The molecule has 1 saturated heterocycles. The lowest BCUT2D eigenvalue weighted by Gasteiger charge is -2.34. The standard InChI is InChI=1S/C22H22FN3S/c1-2-15-5-3-4-6-19(15)26-13-11-16(12-14-26)20-21(27-22(24)25-20)17-7-9-18(23)10-8-17/h2-10,16H,1,11-14H2,(H2,24,25). The number of aromatic nitrogens is 1. The van der Waals surface area contributed by atoms with Gasteiger partial charge >= 0.3 is 0 Å². The second-order valence-corrected chi connectivity index (χ2v) is 7.83. The summed E-state index contributed by atoms with van der Waals surface area (Å²) in [6.07, 6.45) is 3.95. The Labute approximate surface area is 163 Å². The molecule has 0 bridgehead atoms. The molecular formula is C22H22FN3S. The Morgan fingerprint density at radius 2 is 1.81 bits per heavy atom. The maximum absolute atomic E-state index is 13.3. The van der Waals surface area contributed by atoms with Crippen LogP contribution in [0.3, 0.4) is 0 Å². The first-order valence-corrected chi connectivity index (χ1v) is 9.96. The van der Waals surface area contributed by atoms with Crippen LogP contribution in [0.1, 0.15) is 30.0 Å². The molecule has 0 aliphatic carbocycles. The summed E-state index contributed by atoms with van der Waals surface area (Å²) in [5.74, 6) is 0.137. The zero-order chi connectivity index (χ0) is 18.8. The Hall–Kier alpha value is -2.66. The summed E-state index contributed by atoms with van der Waals surface area (Å²) in [5.41, 5.74) is 10.5. The lowest BCUT2D eigenvalue weighted by atomic mass is 9.91. The van der Waals surface area contributed by atoms with Crippen LogP contribution in [0.2, 0.25) is 0 Å².